The number of allylic oxidation sites excluding steroid dienone is 2. The van der Waals surface area contributed by atoms with E-state index in [9.17, 15) is 4.79 Å². The molecule has 0 bridgehead atoms. The largest absolute Gasteiger partial charge is 0.464 e. The number of halogens is 1. The Kier molecular flexibility index (Phi) is 4.65. The van der Waals surface area contributed by atoms with E-state index in [1.807, 2.05) is 66.1 Å². The number of nitrogens with zero attached hydrogens (tertiary/aromatic N) is 3. The molecule has 0 saturated carbocycles. The lowest BCUT2D eigenvalue weighted by molar-refractivity contribution is 0.0594. The summed E-state index contributed by atoms with van der Waals surface area (Å²) in [6, 6.07) is 13.5. The fourth-order valence-electron chi connectivity index (χ4n) is 3.25. The Morgan fingerprint density at radius 1 is 1.21 bits per heavy atom. The van der Waals surface area contributed by atoms with Crippen molar-refractivity contribution in [3.63, 3.8) is 0 Å². The molecule has 1 unspecified atom stereocenters. The van der Waals surface area contributed by atoms with Crippen LogP contribution in [-0.4, -0.2) is 32.6 Å². The van der Waals surface area contributed by atoms with E-state index < -0.39 is 11.0 Å². The number of dihydropyridines is 1. The summed E-state index contributed by atoms with van der Waals surface area (Å²) in [5.41, 5.74) is 3.53. The van der Waals surface area contributed by atoms with Gasteiger partial charge in [-0.3, -0.25) is 0 Å². The molecule has 1 atom stereocenters. The van der Waals surface area contributed by atoms with Gasteiger partial charge in [-0.25, -0.2) is 14.8 Å². The third-order valence-corrected chi connectivity index (χ3v) is 4.98. The van der Waals surface area contributed by atoms with E-state index in [0.717, 1.165) is 22.6 Å². The van der Waals surface area contributed by atoms with Crippen molar-refractivity contribution < 1.29 is 9.53 Å². The van der Waals surface area contributed by atoms with Crippen LogP contribution < -0.4 is 5.32 Å². The minimum atomic E-state index is -0.820. The van der Waals surface area contributed by atoms with Crippen LogP contribution in [0, 0.1) is 6.92 Å². The topological polar surface area (TPSA) is 69.0 Å². The highest BCUT2D eigenvalue weighted by Crippen LogP contribution is 2.28. The molecule has 0 fully saturated rings. The summed E-state index contributed by atoms with van der Waals surface area (Å²) in [6.45, 7) is 2.33. The summed E-state index contributed by atoms with van der Waals surface area (Å²) in [4.78, 5) is 19.7. The molecule has 4 rings (SSSR count). The van der Waals surface area contributed by atoms with Crippen molar-refractivity contribution in [1.82, 2.24) is 19.9 Å². The maximum absolute atomic E-state index is 11.7. The number of imidazole rings is 1. The van der Waals surface area contributed by atoms with Crippen molar-refractivity contribution >= 4 is 34.4 Å². The summed E-state index contributed by atoms with van der Waals surface area (Å²) in [6.07, 6.45) is 5.87. The first-order valence-corrected chi connectivity index (χ1v) is 9.21. The standard InChI is InChI=1S/C21H19ClN4O2/c1-14-23-19-18(11-10-17(24-19)20(27)28-2)26(14)13-21(22)12-6-9-16(25-21)15-7-4-3-5-8-15/h3-12,25H,13H2,1-2H3. The molecule has 1 aliphatic heterocycles. The fraction of sp³-hybridized carbons (Fsp3) is 0.190. The summed E-state index contributed by atoms with van der Waals surface area (Å²) < 4.78 is 6.72. The number of methoxy groups -OCH3 is 1. The molecule has 1 N–H and O–H groups in total. The minimum Gasteiger partial charge on any atom is -0.464 e. The molecular weight excluding hydrogens is 376 g/mol. The highest BCUT2D eigenvalue weighted by atomic mass is 35.5. The number of esters is 1. The molecule has 6 nitrogen and oxygen atoms in total. The Labute approximate surface area is 167 Å². The normalized spacial score (nSPS) is 18.6. The molecule has 0 aliphatic carbocycles. The number of hydrogen-bond donors (Lipinski definition) is 1. The number of aryl methyl sites for hydroxylation is 1. The average Bonchev–Trinajstić information content (AvgIpc) is 3.02. The van der Waals surface area contributed by atoms with E-state index in [1.165, 1.54) is 7.11 Å². The zero-order chi connectivity index (χ0) is 19.7. The van der Waals surface area contributed by atoms with Gasteiger partial charge >= 0.3 is 5.97 Å². The quantitative estimate of drug-likeness (QED) is 0.415. The van der Waals surface area contributed by atoms with Gasteiger partial charge in [-0.05, 0) is 36.8 Å². The fourth-order valence-corrected chi connectivity index (χ4v) is 3.55. The first-order chi connectivity index (χ1) is 13.5. The maximum Gasteiger partial charge on any atom is 0.356 e. The molecule has 1 aromatic carbocycles. The zero-order valence-corrected chi connectivity index (χ0v) is 16.3. The predicted molar refractivity (Wildman–Crippen MR) is 109 cm³/mol. The molecule has 2 aromatic heterocycles. The Hall–Kier alpha value is -3.12. The lowest BCUT2D eigenvalue weighted by Crippen LogP contribution is -2.42. The predicted octanol–water partition coefficient (Wildman–Crippen LogP) is 3.66. The molecule has 3 aromatic rings. The van der Waals surface area contributed by atoms with Gasteiger partial charge in [0.05, 0.1) is 19.2 Å². The van der Waals surface area contributed by atoms with Crippen molar-refractivity contribution in [2.75, 3.05) is 7.11 Å². The molecular formula is C21H19ClN4O2. The van der Waals surface area contributed by atoms with Gasteiger partial charge in [-0.1, -0.05) is 48.0 Å². The molecule has 28 heavy (non-hydrogen) atoms. The molecule has 0 amide bonds. The van der Waals surface area contributed by atoms with E-state index in [-0.39, 0.29) is 5.69 Å². The van der Waals surface area contributed by atoms with Crippen LogP contribution in [0.4, 0.5) is 0 Å². The number of fused-ring (bicyclic) bond motifs is 1. The van der Waals surface area contributed by atoms with E-state index >= 15 is 0 Å². The first-order valence-electron chi connectivity index (χ1n) is 8.83. The number of benzene rings is 1. The van der Waals surface area contributed by atoms with Crippen LogP contribution in [0.1, 0.15) is 21.9 Å². The Bertz CT molecular complexity index is 1100. The van der Waals surface area contributed by atoms with Gasteiger partial charge in [-0.2, -0.15) is 0 Å². The average molecular weight is 395 g/mol. The van der Waals surface area contributed by atoms with Crippen LogP contribution >= 0.6 is 11.6 Å². The molecule has 1 aliphatic rings. The molecule has 0 radical (unpaired) electrons. The lowest BCUT2D eigenvalue weighted by Gasteiger charge is -2.31. The molecule has 7 heteroatoms. The van der Waals surface area contributed by atoms with E-state index in [0.29, 0.717) is 12.2 Å². The third-order valence-electron chi connectivity index (χ3n) is 4.64. The number of hydrogen-bond acceptors (Lipinski definition) is 5. The second-order valence-electron chi connectivity index (χ2n) is 6.57. The molecule has 142 valence electrons. The van der Waals surface area contributed by atoms with Gasteiger partial charge in [0.1, 0.15) is 10.8 Å². The first kappa shape index (κ1) is 18.3. The van der Waals surface area contributed by atoms with Crippen molar-refractivity contribution in [3.05, 3.63) is 77.8 Å². The van der Waals surface area contributed by atoms with Gasteiger partial charge in [0.25, 0.3) is 0 Å². The molecule has 0 saturated heterocycles. The van der Waals surface area contributed by atoms with Crippen LogP contribution in [0.3, 0.4) is 0 Å². The van der Waals surface area contributed by atoms with Crippen molar-refractivity contribution in [3.8, 4) is 0 Å². The van der Waals surface area contributed by atoms with Gasteiger partial charge in [0, 0.05) is 5.70 Å². The Morgan fingerprint density at radius 2 is 2.00 bits per heavy atom. The molecule has 0 spiro atoms. The number of alkyl halides is 1. The number of nitrogens with one attached hydrogen (secondary N) is 1. The van der Waals surface area contributed by atoms with Gasteiger partial charge in [0.2, 0.25) is 0 Å². The monoisotopic (exact) mass is 394 g/mol. The Morgan fingerprint density at radius 3 is 2.75 bits per heavy atom. The summed E-state index contributed by atoms with van der Waals surface area (Å²) in [7, 11) is 1.33. The number of rotatable bonds is 4. The lowest BCUT2D eigenvalue weighted by atomic mass is 10.1. The summed E-state index contributed by atoms with van der Waals surface area (Å²) in [5, 5.41) is 3.41. The van der Waals surface area contributed by atoms with Crippen LogP contribution in [0.2, 0.25) is 0 Å². The van der Waals surface area contributed by atoms with Crippen LogP contribution in [0.5, 0.6) is 0 Å². The zero-order valence-electron chi connectivity index (χ0n) is 15.5. The van der Waals surface area contributed by atoms with Crippen molar-refractivity contribution in [1.29, 1.82) is 0 Å². The van der Waals surface area contributed by atoms with Crippen molar-refractivity contribution in [2.45, 2.75) is 18.5 Å². The number of carbonyl (C=O) groups excluding carboxylic acids is 1. The van der Waals surface area contributed by atoms with E-state index in [4.69, 9.17) is 16.3 Å². The summed E-state index contributed by atoms with van der Waals surface area (Å²) >= 11 is 6.91. The SMILES string of the molecule is COC(=O)c1ccc2c(n1)nc(C)n2CC1(Cl)C=CC=C(c2ccccc2)N1. The summed E-state index contributed by atoms with van der Waals surface area (Å²) in [5.74, 6) is 0.271. The highest BCUT2D eigenvalue weighted by Gasteiger charge is 2.29. The second kappa shape index (κ2) is 7.13. The van der Waals surface area contributed by atoms with Gasteiger partial charge in [-0.15, -0.1) is 0 Å². The van der Waals surface area contributed by atoms with Gasteiger partial charge < -0.3 is 14.6 Å². The third kappa shape index (κ3) is 3.39. The number of pyridine rings is 1. The minimum absolute atomic E-state index is 0.227. The van der Waals surface area contributed by atoms with Crippen LogP contribution in [0.25, 0.3) is 16.9 Å². The van der Waals surface area contributed by atoms with E-state index in [1.54, 1.807) is 6.07 Å². The highest BCUT2D eigenvalue weighted by molar-refractivity contribution is 6.25. The van der Waals surface area contributed by atoms with Crippen LogP contribution in [-0.2, 0) is 11.3 Å². The van der Waals surface area contributed by atoms with Crippen molar-refractivity contribution in [2.24, 2.45) is 0 Å². The number of aromatic nitrogens is 3. The smallest absolute Gasteiger partial charge is 0.356 e. The Balaban J connectivity index is 1.64. The van der Waals surface area contributed by atoms with Gasteiger partial charge in [0.15, 0.2) is 11.3 Å². The molecule has 3 heterocycles. The number of carbonyl (C=O) groups is 1. The van der Waals surface area contributed by atoms with Crippen LogP contribution in [0.15, 0.2) is 60.7 Å². The maximum atomic E-state index is 11.7. The second-order valence-corrected chi connectivity index (χ2v) is 7.24. The van der Waals surface area contributed by atoms with E-state index in [2.05, 4.69) is 15.3 Å². The number of ether oxygens (including phenoxy) is 1.